The van der Waals surface area contributed by atoms with Crippen molar-refractivity contribution in [1.29, 1.82) is 0 Å². The van der Waals surface area contributed by atoms with E-state index in [9.17, 15) is 0 Å². The van der Waals surface area contributed by atoms with Crippen molar-refractivity contribution in [3.8, 4) is 11.1 Å². The second-order valence-corrected chi connectivity index (χ2v) is 6.37. The molecule has 0 spiro atoms. The maximum absolute atomic E-state index is 5.40. The zero-order valence-electron chi connectivity index (χ0n) is 13.6. The fraction of sp³-hybridized carbons (Fsp3) is 0.400. The Bertz CT molecular complexity index is 597. The van der Waals surface area contributed by atoms with Crippen LogP contribution in [0.2, 0.25) is 0 Å². The van der Waals surface area contributed by atoms with Crippen molar-refractivity contribution in [2.24, 2.45) is 0 Å². The largest absolute Gasteiger partial charge is 0.379 e. The first-order valence-corrected chi connectivity index (χ1v) is 8.22. The van der Waals surface area contributed by atoms with Crippen LogP contribution in [0, 0.1) is 0 Å². The molecule has 2 aromatic carbocycles. The fourth-order valence-electron chi connectivity index (χ4n) is 2.90. The minimum atomic E-state index is 0.570. The first-order chi connectivity index (χ1) is 10.7. The summed E-state index contributed by atoms with van der Waals surface area (Å²) < 4.78 is 5.40. The normalized spacial score (nSPS) is 16.1. The second kappa shape index (κ2) is 7.08. The molecule has 116 valence electrons. The Morgan fingerprint density at radius 3 is 2.36 bits per heavy atom. The highest BCUT2D eigenvalue weighted by Crippen LogP contribution is 2.24. The lowest BCUT2D eigenvalue weighted by molar-refractivity contribution is 0.0342. The molecule has 0 atom stereocenters. The Balaban J connectivity index is 1.72. The van der Waals surface area contributed by atoms with Gasteiger partial charge in [-0.25, -0.2) is 0 Å². The summed E-state index contributed by atoms with van der Waals surface area (Å²) in [6.07, 6.45) is 0. The predicted octanol–water partition coefficient (Wildman–Crippen LogP) is 4.31. The van der Waals surface area contributed by atoms with Crippen LogP contribution in [0.15, 0.2) is 48.5 Å². The lowest BCUT2D eigenvalue weighted by Crippen LogP contribution is -2.35. The van der Waals surface area contributed by atoms with Crippen molar-refractivity contribution < 1.29 is 4.74 Å². The lowest BCUT2D eigenvalue weighted by atomic mass is 9.97. The van der Waals surface area contributed by atoms with E-state index in [0.29, 0.717) is 5.92 Å². The molecule has 3 rings (SSSR count). The van der Waals surface area contributed by atoms with Crippen LogP contribution in [-0.2, 0) is 11.3 Å². The Hall–Kier alpha value is -1.64. The van der Waals surface area contributed by atoms with Crippen molar-refractivity contribution in [3.05, 3.63) is 59.7 Å². The maximum Gasteiger partial charge on any atom is 0.0594 e. The number of hydrogen-bond donors (Lipinski definition) is 0. The van der Waals surface area contributed by atoms with Gasteiger partial charge in [-0.3, -0.25) is 4.90 Å². The molecule has 0 radical (unpaired) electrons. The Kier molecular flexibility index (Phi) is 4.91. The van der Waals surface area contributed by atoms with E-state index in [-0.39, 0.29) is 0 Å². The molecule has 0 saturated carbocycles. The standard InChI is InChI=1S/C20H25NO/c1-16(2)19-4-3-5-20(14-19)18-8-6-17(7-9-18)15-21-10-12-22-13-11-21/h3-9,14,16H,10-13,15H2,1-2H3. The van der Waals surface area contributed by atoms with Gasteiger partial charge in [0.1, 0.15) is 0 Å². The molecule has 0 amide bonds. The second-order valence-electron chi connectivity index (χ2n) is 6.37. The molecule has 2 heteroatoms. The van der Waals surface area contributed by atoms with Gasteiger partial charge in [-0.15, -0.1) is 0 Å². The van der Waals surface area contributed by atoms with Crippen LogP contribution in [0.1, 0.15) is 30.9 Å². The van der Waals surface area contributed by atoms with Crippen LogP contribution < -0.4 is 0 Å². The highest BCUT2D eigenvalue weighted by Gasteiger charge is 2.10. The van der Waals surface area contributed by atoms with Gasteiger partial charge in [0.05, 0.1) is 13.2 Å². The average molecular weight is 295 g/mol. The molecule has 1 aliphatic rings. The lowest BCUT2D eigenvalue weighted by Gasteiger charge is -2.26. The van der Waals surface area contributed by atoms with Crippen LogP contribution in [0.4, 0.5) is 0 Å². The molecule has 0 aromatic heterocycles. The van der Waals surface area contributed by atoms with Crippen molar-refractivity contribution in [1.82, 2.24) is 4.90 Å². The molecule has 1 saturated heterocycles. The van der Waals surface area contributed by atoms with Gasteiger partial charge in [-0.1, -0.05) is 62.4 Å². The minimum Gasteiger partial charge on any atom is -0.379 e. The summed E-state index contributed by atoms with van der Waals surface area (Å²) in [7, 11) is 0. The Morgan fingerprint density at radius 1 is 0.955 bits per heavy atom. The predicted molar refractivity (Wildman–Crippen MR) is 92.1 cm³/mol. The molecule has 1 aliphatic heterocycles. The van der Waals surface area contributed by atoms with Crippen molar-refractivity contribution in [2.45, 2.75) is 26.3 Å². The summed E-state index contributed by atoms with van der Waals surface area (Å²) in [5, 5.41) is 0. The van der Waals surface area contributed by atoms with Gasteiger partial charge in [0.15, 0.2) is 0 Å². The summed E-state index contributed by atoms with van der Waals surface area (Å²) >= 11 is 0. The third-order valence-corrected chi connectivity index (χ3v) is 4.35. The number of nitrogens with zero attached hydrogens (tertiary/aromatic N) is 1. The van der Waals surface area contributed by atoms with E-state index in [1.54, 1.807) is 0 Å². The Morgan fingerprint density at radius 2 is 1.68 bits per heavy atom. The van der Waals surface area contributed by atoms with Gasteiger partial charge >= 0.3 is 0 Å². The SMILES string of the molecule is CC(C)c1cccc(-c2ccc(CN3CCOCC3)cc2)c1. The van der Waals surface area contributed by atoms with Crippen LogP contribution in [-0.4, -0.2) is 31.2 Å². The van der Waals surface area contributed by atoms with Crippen LogP contribution >= 0.6 is 0 Å². The number of morpholine rings is 1. The van der Waals surface area contributed by atoms with Crippen molar-refractivity contribution >= 4 is 0 Å². The van der Waals surface area contributed by atoms with Gasteiger partial charge in [0.25, 0.3) is 0 Å². The minimum absolute atomic E-state index is 0.570. The van der Waals surface area contributed by atoms with Gasteiger partial charge in [-0.2, -0.15) is 0 Å². The van der Waals surface area contributed by atoms with Gasteiger partial charge in [0.2, 0.25) is 0 Å². The van der Waals surface area contributed by atoms with Crippen molar-refractivity contribution in [2.75, 3.05) is 26.3 Å². The zero-order chi connectivity index (χ0) is 15.4. The first kappa shape index (κ1) is 15.3. The van der Waals surface area contributed by atoms with E-state index in [1.807, 2.05) is 0 Å². The molecule has 1 fully saturated rings. The molecule has 0 N–H and O–H groups in total. The van der Waals surface area contributed by atoms with E-state index in [2.05, 4.69) is 67.3 Å². The van der Waals surface area contributed by atoms with Gasteiger partial charge in [0, 0.05) is 19.6 Å². The van der Waals surface area contributed by atoms with E-state index < -0.39 is 0 Å². The molecule has 2 nitrogen and oxygen atoms in total. The monoisotopic (exact) mass is 295 g/mol. The summed E-state index contributed by atoms with van der Waals surface area (Å²) in [6.45, 7) is 9.31. The zero-order valence-corrected chi connectivity index (χ0v) is 13.6. The maximum atomic E-state index is 5.40. The molecular formula is C20H25NO. The molecule has 2 aromatic rings. The van der Waals surface area contributed by atoms with E-state index in [1.165, 1.54) is 22.3 Å². The fourth-order valence-corrected chi connectivity index (χ4v) is 2.90. The molecule has 0 unspecified atom stereocenters. The number of ether oxygens (including phenoxy) is 1. The quantitative estimate of drug-likeness (QED) is 0.833. The number of benzene rings is 2. The number of rotatable bonds is 4. The smallest absolute Gasteiger partial charge is 0.0594 e. The molecule has 22 heavy (non-hydrogen) atoms. The Labute approximate surface area is 133 Å². The van der Waals surface area contributed by atoms with Gasteiger partial charge < -0.3 is 4.74 Å². The highest BCUT2D eigenvalue weighted by atomic mass is 16.5. The van der Waals surface area contributed by atoms with Crippen LogP contribution in [0.25, 0.3) is 11.1 Å². The van der Waals surface area contributed by atoms with Crippen LogP contribution in [0.3, 0.4) is 0 Å². The first-order valence-electron chi connectivity index (χ1n) is 8.22. The molecule has 0 aliphatic carbocycles. The number of hydrogen-bond acceptors (Lipinski definition) is 2. The average Bonchev–Trinajstić information content (AvgIpc) is 2.56. The molecule has 0 bridgehead atoms. The third kappa shape index (κ3) is 3.76. The third-order valence-electron chi connectivity index (χ3n) is 4.35. The van der Waals surface area contributed by atoms with E-state index in [4.69, 9.17) is 4.74 Å². The van der Waals surface area contributed by atoms with Crippen molar-refractivity contribution in [3.63, 3.8) is 0 Å². The highest BCUT2D eigenvalue weighted by molar-refractivity contribution is 5.64. The summed E-state index contributed by atoms with van der Waals surface area (Å²) in [4.78, 5) is 2.46. The summed E-state index contributed by atoms with van der Waals surface area (Å²) in [6, 6.07) is 17.9. The van der Waals surface area contributed by atoms with E-state index >= 15 is 0 Å². The molecule has 1 heterocycles. The van der Waals surface area contributed by atoms with Gasteiger partial charge in [-0.05, 0) is 28.2 Å². The molecular weight excluding hydrogens is 270 g/mol. The summed E-state index contributed by atoms with van der Waals surface area (Å²) in [5.74, 6) is 0.570. The topological polar surface area (TPSA) is 12.5 Å². The summed E-state index contributed by atoms with van der Waals surface area (Å²) in [5.41, 5.74) is 5.39. The van der Waals surface area contributed by atoms with E-state index in [0.717, 1.165) is 32.8 Å². The van der Waals surface area contributed by atoms with Crippen LogP contribution in [0.5, 0.6) is 0 Å².